The molecule has 0 fully saturated rings. The van der Waals surface area contributed by atoms with Gasteiger partial charge in [0.25, 0.3) is 0 Å². The average Bonchev–Trinajstić information content (AvgIpc) is 2.44. The van der Waals surface area contributed by atoms with Crippen LogP contribution < -0.4 is 4.74 Å². The Bertz CT molecular complexity index is 625. The Kier molecular flexibility index (Phi) is 6.85. The van der Waals surface area contributed by atoms with Crippen LogP contribution in [0.1, 0.15) is 5.56 Å². The minimum atomic E-state index is -0.389. The second-order valence-corrected chi connectivity index (χ2v) is 4.61. The van der Waals surface area contributed by atoms with Crippen molar-refractivity contribution in [2.24, 2.45) is 0 Å². The molecule has 0 saturated heterocycles. The zero-order valence-electron chi connectivity index (χ0n) is 11.7. The van der Waals surface area contributed by atoms with E-state index >= 15 is 0 Å². The maximum atomic E-state index is 14.2. The van der Waals surface area contributed by atoms with E-state index in [1.807, 2.05) is 0 Å². The van der Waals surface area contributed by atoms with Crippen molar-refractivity contribution in [2.75, 3.05) is 13.7 Å². The molecule has 1 aliphatic heterocycles. The fraction of sp³-hybridized carbons (Fsp3) is 0.125. The zero-order chi connectivity index (χ0) is 14.7. The summed E-state index contributed by atoms with van der Waals surface area (Å²) in [5.74, 6) is 0.0404. The summed E-state index contributed by atoms with van der Waals surface area (Å²) >= 11 is 5.98. The molecule has 5 heteroatoms. The summed E-state index contributed by atoms with van der Waals surface area (Å²) < 4.78 is 19.7. The Hall–Kier alpha value is -0.896. The number of nitrogens with zero attached hydrogens (tertiary/aromatic N) is 1. The molecule has 0 unspecified atom stereocenters. The van der Waals surface area contributed by atoms with Crippen LogP contribution in [-0.2, 0) is 32.7 Å². The molecule has 1 aromatic carbocycles. The number of ether oxygens (including phenoxy) is 1. The summed E-state index contributed by atoms with van der Waals surface area (Å²) in [7, 11) is 1.75. The van der Waals surface area contributed by atoms with E-state index < -0.39 is 0 Å². The number of hydrogen-bond acceptors (Lipinski definition) is 2. The molecule has 107 valence electrons. The second-order valence-electron chi connectivity index (χ2n) is 4.20. The van der Waals surface area contributed by atoms with Crippen molar-refractivity contribution in [3.8, 4) is 5.75 Å². The van der Waals surface area contributed by atoms with E-state index in [9.17, 15) is 4.39 Å². The minimum absolute atomic E-state index is 0. The predicted octanol–water partition coefficient (Wildman–Crippen LogP) is 4.11. The van der Waals surface area contributed by atoms with Crippen LogP contribution in [0.3, 0.4) is 0 Å². The van der Waals surface area contributed by atoms with Crippen molar-refractivity contribution < 1.29 is 41.8 Å². The molecule has 21 heavy (non-hydrogen) atoms. The Morgan fingerprint density at radius 2 is 2.19 bits per heavy atom. The van der Waals surface area contributed by atoms with Gasteiger partial charge in [0.2, 0.25) is 0 Å². The Balaban J connectivity index is 0.00000220. The molecule has 0 atom stereocenters. The Labute approximate surface area is 154 Å². The zero-order valence-corrected chi connectivity index (χ0v) is 15.3. The predicted molar refractivity (Wildman–Crippen MR) is 79.6 cm³/mol. The molecule has 0 spiro atoms. The maximum absolute atomic E-state index is 14.2. The van der Waals surface area contributed by atoms with Gasteiger partial charge in [0, 0.05) is 39.8 Å². The molecule has 2 nitrogen and oxygen atoms in total. The summed E-state index contributed by atoms with van der Waals surface area (Å²) in [6.45, 7) is 7.74. The van der Waals surface area contributed by atoms with Gasteiger partial charge in [-0.15, -0.1) is 0 Å². The fourth-order valence-electron chi connectivity index (χ4n) is 1.85. The van der Waals surface area contributed by atoms with Crippen LogP contribution in [0, 0.1) is 11.9 Å². The van der Waals surface area contributed by atoms with E-state index in [1.54, 1.807) is 36.2 Å². The van der Waals surface area contributed by atoms with Gasteiger partial charge in [-0.3, -0.25) is 0 Å². The standard InChI is InChI=1S/C16H14ClFNO.Y/c1-4-10-20-15-7-5-6-13(18)16(15)14-9-8-12(17)11(2)19(14)3;/h4-8H,1-2,10H2,3H3;/q-1;. The van der Waals surface area contributed by atoms with E-state index in [0.29, 0.717) is 34.3 Å². The smallest absolute Gasteiger partial charge is 0.105 e. The van der Waals surface area contributed by atoms with Crippen molar-refractivity contribution in [3.63, 3.8) is 0 Å². The molecule has 0 amide bonds. The monoisotopic (exact) mass is 379 g/mol. The van der Waals surface area contributed by atoms with Gasteiger partial charge in [0.1, 0.15) is 6.61 Å². The number of benzene rings is 1. The second kappa shape index (κ2) is 7.93. The first kappa shape index (κ1) is 18.2. The quantitative estimate of drug-likeness (QED) is 0.576. The third kappa shape index (κ3) is 3.85. The first-order valence-corrected chi connectivity index (χ1v) is 6.38. The average molecular weight is 380 g/mol. The van der Waals surface area contributed by atoms with E-state index in [-0.39, 0.29) is 38.5 Å². The minimum Gasteiger partial charge on any atom is -0.502 e. The van der Waals surface area contributed by atoms with Crippen molar-refractivity contribution in [3.05, 3.63) is 71.7 Å². The van der Waals surface area contributed by atoms with E-state index in [1.165, 1.54) is 6.07 Å². The van der Waals surface area contributed by atoms with Crippen molar-refractivity contribution >= 4 is 17.3 Å². The van der Waals surface area contributed by atoms with Crippen molar-refractivity contribution in [2.45, 2.75) is 0 Å². The van der Waals surface area contributed by atoms with Gasteiger partial charge < -0.3 is 9.64 Å². The SMILES string of the molecule is C=CCOc1cccc(F)c1C1=[C-]C=C(Cl)C(=C)N1C.[Y]. The van der Waals surface area contributed by atoms with Gasteiger partial charge in [0.15, 0.2) is 0 Å². The van der Waals surface area contributed by atoms with Crippen molar-refractivity contribution in [1.29, 1.82) is 0 Å². The van der Waals surface area contributed by atoms with Crippen LogP contribution in [0.5, 0.6) is 5.75 Å². The molecule has 1 radical (unpaired) electrons. The third-order valence-corrected chi connectivity index (χ3v) is 3.25. The summed E-state index contributed by atoms with van der Waals surface area (Å²) in [6.07, 6.45) is 6.14. The first-order chi connectivity index (χ1) is 9.56. The van der Waals surface area contributed by atoms with Crippen LogP contribution in [0.25, 0.3) is 5.70 Å². The number of likely N-dealkylation sites (N-methyl/N-ethyl adjacent to an activating group) is 1. The number of rotatable bonds is 4. The molecule has 0 bridgehead atoms. The molecule has 0 saturated carbocycles. The van der Waals surface area contributed by atoms with Gasteiger partial charge in [-0.1, -0.05) is 31.0 Å². The van der Waals surface area contributed by atoms with E-state index in [2.05, 4.69) is 19.2 Å². The van der Waals surface area contributed by atoms with Gasteiger partial charge in [-0.2, -0.15) is 23.8 Å². The number of allylic oxidation sites excluding steroid dienone is 3. The summed E-state index contributed by atoms with van der Waals surface area (Å²) in [5.41, 5.74) is 1.44. The van der Waals surface area contributed by atoms with E-state index in [0.717, 1.165) is 0 Å². The van der Waals surface area contributed by atoms with Crippen LogP contribution >= 0.6 is 11.6 Å². The van der Waals surface area contributed by atoms with Crippen LogP contribution in [-0.4, -0.2) is 18.6 Å². The molecule has 1 aromatic rings. The van der Waals surface area contributed by atoms with E-state index in [4.69, 9.17) is 16.3 Å². The summed E-state index contributed by atoms with van der Waals surface area (Å²) in [5, 5.41) is 0.473. The number of halogens is 2. The molecule has 2 rings (SSSR count). The maximum Gasteiger partial charge on any atom is 0.105 e. The molecular formula is C16H14ClFNOY-. The van der Waals surface area contributed by atoms with Crippen molar-refractivity contribution in [1.82, 2.24) is 4.90 Å². The molecule has 1 heterocycles. The fourth-order valence-corrected chi connectivity index (χ4v) is 2.03. The number of hydrogen-bond donors (Lipinski definition) is 0. The molecule has 1 aliphatic rings. The molecule has 0 aliphatic carbocycles. The normalized spacial score (nSPS) is 14.0. The van der Waals surface area contributed by atoms with Gasteiger partial charge in [-0.05, 0) is 28.4 Å². The molecular weight excluding hydrogens is 366 g/mol. The van der Waals surface area contributed by atoms with Crippen LogP contribution in [0.4, 0.5) is 4.39 Å². The Morgan fingerprint density at radius 3 is 2.86 bits per heavy atom. The largest absolute Gasteiger partial charge is 0.502 e. The van der Waals surface area contributed by atoms with Gasteiger partial charge in [0.05, 0.1) is 11.6 Å². The van der Waals surface area contributed by atoms with Crippen LogP contribution in [0.2, 0.25) is 0 Å². The molecule has 0 N–H and O–H groups in total. The topological polar surface area (TPSA) is 12.5 Å². The summed E-state index contributed by atoms with van der Waals surface area (Å²) in [6, 6.07) is 4.67. The summed E-state index contributed by atoms with van der Waals surface area (Å²) in [4.78, 5) is 1.68. The Morgan fingerprint density at radius 1 is 1.48 bits per heavy atom. The molecule has 0 aromatic heterocycles. The first-order valence-electron chi connectivity index (χ1n) is 6.01. The van der Waals surface area contributed by atoms with Crippen LogP contribution in [0.15, 0.2) is 54.2 Å². The van der Waals surface area contributed by atoms with Gasteiger partial charge in [-0.25, -0.2) is 4.39 Å². The third-order valence-electron chi connectivity index (χ3n) is 2.92. The van der Waals surface area contributed by atoms with Gasteiger partial charge >= 0.3 is 0 Å².